The van der Waals surface area contributed by atoms with Gasteiger partial charge in [-0.2, -0.15) is 4.98 Å². The Morgan fingerprint density at radius 2 is 1.92 bits per heavy atom. The van der Waals surface area contributed by atoms with E-state index < -0.39 is 22.1 Å². The lowest BCUT2D eigenvalue weighted by Crippen LogP contribution is -2.61. The van der Waals surface area contributed by atoms with E-state index in [1.54, 1.807) is 12.3 Å². The Kier molecular flexibility index (Phi) is 7.17. The standard InChI is InChI=1S/C27H35FN6O3S/c1-16(2)18-6-7-22(34-15-24(17(34)3)38(5,35)36)20-13-30-26(12-19(18)20)31-25-8-10-29-27(32-25)33-11-9-23(37-4)21(28)14-33/h6-8,10,12-13,16-17,21,23-24H,9,11,14-15H2,1-5H3,(H,29,30,31,32)/t17-,21-,23+,24+/m1/s1. The van der Waals surface area contributed by atoms with Crippen LogP contribution in [0.1, 0.15) is 38.7 Å². The molecule has 2 aliphatic rings. The number of rotatable bonds is 7. The minimum atomic E-state index is -3.10. The highest BCUT2D eigenvalue weighted by atomic mass is 32.2. The molecule has 1 aromatic carbocycles. The van der Waals surface area contributed by atoms with Crippen LogP contribution in [0.3, 0.4) is 0 Å². The summed E-state index contributed by atoms with van der Waals surface area (Å²) in [7, 11) is -1.56. The summed E-state index contributed by atoms with van der Waals surface area (Å²) in [6, 6.07) is 7.86. The summed E-state index contributed by atoms with van der Waals surface area (Å²) < 4.78 is 43.9. The van der Waals surface area contributed by atoms with Gasteiger partial charge >= 0.3 is 0 Å². The number of fused-ring (bicyclic) bond motifs is 1. The normalized spacial score (nSPS) is 24.1. The van der Waals surface area contributed by atoms with Crippen LogP contribution in [0.5, 0.6) is 0 Å². The summed E-state index contributed by atoms with van der Waals surface area (Å²) in [5, 5.41) is 4.96. The molecule has 2 aliphatic heterocycles. The van der Waals surface area contributed by atoms with Crippen LogP contribution in [0.15, 0.2) is 36.7 Å². The summed E-state index contributed by atoms with van der Waals surface area (Å²) in [6.45, 7) is 7.53. The van der Waals surface area contributed by atoms with Crippen molar-refractivity contribution in [2.24, 2.45) is 0 Å². The zero-order valence-corrected chi connectivity index (χ0v) is 23.2. The van der Waals surface area contributed by atoms with Crippen LogP contribution in [0, 0.1) is 0 Å². The third-order valence-corrected chi connectivity index (χ3v) is 9.41. The predicted molar refractivity (Wildman–Crippen MR) is 149 cm³/mol. The Balaban J connectivity index is 1.42. The molecule has 11 heteroatoms. The number of hydrogen-bond donors (Lipinski definition) is 1. The number of ether oxygens (including phenoxy) is 1. The number of piperidine rings is 1. The topological polar surface area (TPSA) is 101 Å². The monoisotopic (exact) mass is 542 g/mol. The van der Waals surface area contributed by atoms with E-state index in [-0.39, 0.29) is 23.8 Å². The first-order chi connectivity index (χ1) is 18.1. The Labute approximate surface area is 223 Å². The molecule has 3 aromatic rings. The largest absolute Gasteiger partial charge is 0.378 e. The van der Waals surface area contributed by atoms with Gasteiger partial charge in [0.05, 0.1) is 17.9 Å². The second-order valence-corrected chi connectivity index (χ2v) is 12.9. The van der Waals surface area contributed by atoms with Gasteiger partial charge in [-0.25, -0.2) is 22.8 Å². The zero-order valence-electron chi connectivity index (χ0n) is 22.4. The number of alkyl halides is 1. The fourth-order valence-electron chi connectivity index (χ4n) is 5.49. The second kappa shape index (κ2) is 10.3. The molecule has 0 radical (unpaired) electrons. The maximum absolute atomic E-state index is 14.4. The number of anilines is 4. The van der Waals surface area contributed by atoms with E-state index in [1.807, 2.05) is 24.1 Å². The van der Waals surface area contributed by atoms with Crippen LogP contribution in [0.4, 0.5) is 27.7 Å². The maximum Gasteiger partial charge on any atom is 0.227 e. The van der Waals surface area contributed by atoms with Crippen molar-refractivity contribution >= 4 is 43.9 Å². The lowest BCUT2D eigenvalue weighted by Gasteiger charge is -2.47. The van der Waals surface area contributed by atoms with E-state index in [0.29, 0.717) is 37.1 Å². The Hall–Kier alpha value is -3.05. The molecule has 0 spiro atoms. The van der Waals surface area contributed by atoms with Crippen LogP contribution in [-0.4, -0.2) is 79.9 Å². The highest BCUT2D eigenvalue weighted by Gasteiger charge is 2.42. The summed E-state index contributed by atoms with van der Waals surface area (Å²) >= 11 is 0. The molecular weight excluding hydrogens is 507 g/mol. The van der Waals surface area contributed by atoms with Gasteiger partial charge in [0.15, 0.2) is 9.84 Å². The Bertz CT molecular complexity index is 1440. The molecular formula is C27H35FN6O3S. The summed E-state index contributed by atoms with van der Waals surface area (Å²) in [6.07, 6.45) is 3.88. The van der Waals surface area contributed by atoms with Crippen molar-refractivity contribution in [3.63, 3.8) is 0 Å². The minimum Gasteiger partial charge on any atom is -0.378 e. The SMILES string of the molecule is CO[C@H]1CCN(c2nccc(Nc3cc4c(C(C)C)ccc(N5C[C@H](S(C)(=O)=O)[C@H]5C)c4cn3)n2)C[C@H]1F. The highest BCUT2D eigenvalue weighted by Crippen LogP contribution is 2.39. The van der Waals surface area contributed by atoms with Gasteiger partial charge < -0.3 is 19.9 Å². The van der Waals surface area contributed by atoms with Gasteiger partial charge in [0.1, 0.15) is 17.8 Å². The predicted octanol–water partition coefficient (Wildman–Crippen LogP) is 4.08. The molecule has 0 saturated carbocycles. The average Bonchev–Trinajstić information content (AvgIpc) is 2.87. The van der Waals surface area contributed by atoms with Gasteiger partial charge in [-0.3, -0.25) is 0 Å². The van der Waals surface area contributed by atoms with Crippen molar-refractivity contribution in [1.82, 2.24) is 15.0 Å². The van der Waals surface area contributed by atoms with Crippen LogP contribution in [0.2, 0.25) is 0 Å². The lowest BCUT2D eigenvalue weighted by molar-refractivity contribution is 0.0194. The number of aromatic nitrogens is 3. The molecule has 4 atom stereocenters. The third kappa shape index (κ3) is 5.01. The summed E-state index contributed by atoms with van der Waals surface area (Å²) in [5.41, 5.74) is 2.17. The Morgan fingerprint density at radius 1 is 1.13 bits per heavy atom. The fourth-order valence-corrected chi connectivity index (χ4v) is 6.78. The third-order valence-electron chi connectivity index (χ3n) is 7.77. The van der Waals surface area contributed by atoms with Crippen molar-refractivity contribution in [3.05, 3.63) is 42.2 Å². The molecule has 9 nitrogen and oxygen atoms in total. The van der Waals surface area contributed by atoms with E-state index >= 15 is 0 Å². The maximum atomic E-state index is 14.4. The second-order valence-electron chi connectivity index (χ2n) is 10.6. The highest BCUT2D eigenvalue weighted by molar-refractivity contribution is 7.91. The Morgan fingerprint density at radius 3 is 2.58 bits per heavy atom. The fraction of sp³-hybridized carbons (Fsp3) is 0.519. The molecule has 204 valence electrons. The van der Waals surface area contributed by atoms with Crippen molar-refractivity contribution in [2.45, 2.75) is 56.7 Å². The molecule has 0 amide bonds. The lowest BCUT2D eigenvalue weighted by atomic mass is 9.93. The van der Waals surface area contributed by atoms with E-state index in [1.165, 1.54) is 18.9 Å². The minimum absolute atomic E-state index is 0.104. The van der Waals surface area contributed by atoms with Gasteiger partial charge in [0.2, 0.25) is 5.95 Å². The summed E-state index contributed by atoms with van der Waals surface area (Å²) in [4.78, 5) is 17.6. The first-order valence-electron chi connectivity index (χ1n) is 13.0. The molecule has 2 aromatic heterocycles. The van der Waals surface area contributed by atoms with Crippen molar-refractivity contribution in [3.8, 4) is 0 Å². The van der Waals surface area contributed by atoms with Gasteiger partial charge in [-0.1, -0.05) is 19.9 Å². The molecule has 5 rings (SSSR count). The number of nitrogens with zero attached hydrogens (tertiary/aromatic N) is 5. The first kappa shape index (κ1) is 26.6. The zero-order chi connectivity index (χ0) is 27.2. The van der Waals surface area contributed by atoms with Gasteiger partial charge in [-0.05, 0) is 48.4 Å². The quantitative estimate of drug-likeness (QED) is 0.473. The van der Waals surface area contributed by atoms with E-state index in [0.717, 1.165) is 16.5 Å². The summed E-state index contributed by atoms with van der Waals surface area (Å²) in [5.74, 6) is 1.95. The van der Waals surface area contributed by atoms with Gasteiger partial charge in [0.25, 0.3) is 0 Å². The number of halogens is 1. The first-order valence-corrected chi connectivity index (χ1v) is 14.9. The molecule has 1 N–H and O–H groups in total. The van der Waals surface area contributed by atoms with E-state index in [9.17, 15) is 12.8 Å². The molecule has 0 aliphatic carbocycles. The number of methoxy groups -OCH3 is 1. The van der Waals surface area contributed by atoms with Crippen molar-refractivity contribution < 1.29 is 17.5 Å². The molecule has 2 fully saturated rings. The number of sulfone groups is 1. The molecule has 38 heavy (non-hydrogen) atoms. The van der Waals surface area contributed by atoms with Crippen LogP contribution >= 0.6 is 0 Å². The number of hydrogen-bond acceptors (Lipinski definition) is 9. The van der Waals surface area contributed by atoms with Crippen molar-refractivity contribution in [2.75, 3.05) is 48.1 Å². The average molecular weight is 543 g/mol. The van der Waals surface area contributed by atoms with Crippen LogP contribution < -0.4 is 15.1 Å². The van der Waals surface area contributed by atoms with E-state index in [4.69, 9.17) is 4.74 Å². The molecule has 2 saturated heterocycles. The van der Waals surface area contributed by atoms with E-state index in [2.05, 4.69) is 51.1 Å². The number of benzene rings is 1. The molecule has 0 unspecified atom stereocenters. The smallest absolute Gasteiger partial charge is 0.227 e. The van der Waals surface area contributed by atoms with Gasteiger partial charge in [0, 0.05) is 56.0 Å². The number of nitrogens with one attached hydrogen (secondary N) is 1. The van der Waals surface area contributed by atoms with Crippen molar-refractivity contribution in [1.29, 1.82) is 0 Å². The number of pyridine rings is 1. The van der Waals surface area contributed by atoms with Gasteiger partial charge in [-0.15, -0.1) is 0 Å². The van der Waals surface area contributed by atoms with Crippen LogP contribution in [0.25, 0.3) is 10.8 Å². The van der Waals surface area contributed by atoms with Crippen LogP contribution in [-0.2, 0) is 14.6 Å². The molecule has 0 bridgehead atoms. The molecule has 4 heterocycles.